The van der Waals surface area contributed by atoms with Crippen LogP contribution in [0.3, 0.4) is 0 Å². The predicted octanol–water partition coefficient (Wildman–Crippen LogP) is 4.49. The highest BCUT2D eigenvalue weighted by Gasteiger charge is 2.43. The van der Waals surface area contributed by atoms with E-state index in [1.54, 1.807) is 62.4 Å². The molecule has 2 aromatic carbocycles. The highest BCUT2D eigenvalue weighted by Crippen LogP contribution is 2.42. The third-order valence-corrected chi connectivity index (χ3v) is 7.79. The molecule has 1 aromatic heterocycles. The number of nitrogens with zero attached hydrogens (tertiary/aromatic N) is 1. The molecule has 3 N–H and O–H groups in total. The third-order valence-electron chi connectivity index (χ3n) is 5.31. The van der Waals surface area contributed by atoms with Crippen LogP contribution in [0.5, 0.6) is 0 Å². The Morgan fingerprint density at radius 1 is 1.14 bits per heavy atom. The van der Waals surface area contributed by atoms with Crippen molar-refractivity contribution in [3.8, 4) is 0 Å². The maximum Gasteiger partial charge on any atom is 0.341 e. The van der Waals surface area contributed by atoms with Crippen molar-refractivity contribution in [3.63, 3.8) is 0 Å². The summed E-state index contributed by atoms with van der Waals surface area (Å²) < 4.78 is 5.19. The smallest absolute Gasteiger partial charge is 0.341 e. The Morgan fingerprint density at radius 3 is 2.49 bits per heavy atom. The predicted molar refractivity (Wildman–Crippen MR) is 137 cm³/mol. The molecule has 0 saturated carbocycles. The van der Waals surface area contributed by atoms with E-state index < -0.39 is 28.9 Å². The van der Waals surface area contributed by atoms with Crippen molar-refractivity contribution < 1.29 is 23.9 Å². The number of anilines is 3. The first-order chi connectivity index (χ1) is 16.8. The lowest BCUT2D eigenvalue weighted by Crippen LogP contribution is -2.31. The fraction of sp³-hybridized carbons (Fsp3) is 0.200. The van der Waals surface area contributed by atoms with Gasteiger partial charge in [-0.05, 0) is 55.8 Å². The van der Waals surface area contributed by atoms with Crippen LogP contribution >= 0.6 is 23.1 Å². The van der Waals surface area contributed by atoms with Gasteiger partial charge in [0.2, 0.25) is 11.8 Å². The number of rotatable bonds is 7. The first-order valence-corrected chi connectivity index (χ1v) is 12.6. The van der Waals surface area contributed by atoms with Crippen LogP contribution in [0.1, 0.15) is 38.9 Å². The number of para-hydroxylation sites is 1. The van der Waals surface area contributed by atoms with E-state index in [0.717, 1.165) is 21.1 Å². The van der Waals surface area contributed by atoms with Crippen LogP contribution < -0.4 is 16.0 Å². The van der Waals surface area contributed by atoms with Gasteiger partial charge in [0, 0.05) is 22.7 Å². The molecule has 1 aliphatic heterocycles. The second-order valence-electron chi connectivity index (χ2n) is 7.72. The van der Waals surface area contributed by atoms with Crippen LogP contribution in [0.2, 0.25) is 0 Å². The standard InChI is InChI=1S/C25H23N3O5S2/c1-3-33-25(32)20-14(2)21(22(30)27-16-7-5-4-6-8-16)35-24(20)28-19(29)13-18(23(28)31)34-17-11-9-15(26)10-12-17/h4-12,18H,3,13,26H2,1-2H3,(H,27,30). The molecular formula is C25H23N3O5S2. The topological polar surface area (TPSA) is 119 Å². The Bertz CT molecular complexity index is 1290. The normalized spacial score (nSPS) is 15.4. The molecule has 1 saturated heterocycles. The number of nitrogens with one attached hydrogen (secondary N) is 1. The molecule has 0 radical (unpaired) electrons. The van der Waals surface area contributed by atoms with Gasteiger partial charge in [-0.15, -0.1) is 23.1 Å². The molecular weight excluding hydrogens is 486 g/mol. The molecule has 1 unspecified atom stereocenters. The molecule has 10 heteroatoms. The summed E-state index contributed by atoms with van der Waals surface area (Å²) in [6.45, 7) is 3.38. The molecule has 8 nitrogen and oxygen atoms in total. The molecule has 180 valence electrons. The Morgan fingerprint density at radius 2 is 1.83 bits per heavy atom. The van der Waals surface area contributed by atoms with E-state index in [1.165, 1.54) is 11.8 Å². The number of carbonyl (C=O) groups excluding carboxylic acids is 4. The van der Waals surface area contributed by atoms with E-state index in [-0.39, 0.29) is 28.5 Å². The Balaban J connectivity index is 1.68. The number of imide groups is 1. The van der Waals surface area contributed by atoms with Gasteiger partial charge in [0.25, 0.3) is 5.91 Å². The SMILES string of the molecule is CCOC(=O)c1c(N2C(=O)CC(Sc3ccc(N)cc3)C2=O)sc(C(=O)Nc2ccccc2)c1C. The number of thiophene rings is 1. The van der Waals surface area contributed by atoms with Crippen LogP contribution in [-0.4, -0.2) is 35.5 Å². The maximum absolute atomic E-state index is 13.3. The number of ether oxygens (including phenoxy) is 1. The van der Waals surface area contributed by atoms with E-state index in [2.05, 4.69) is 5.32 Å². The lowest BCUT2D eigenvalue weighted by atomic mass is 10.1. The molecule has 1 fully saturated rings. The van der Waals surface area contributed by atoms with E-state index in [1.807, 2.05) is 6.07 Å². The van der Waals surface area contributed by atoms with Gasteiger partial charge in [0.1, 0.15) is 5.00 Å². The summed E-state index contributed by atoms with van der Waals surface area (Å²) in [5, 5.41) is 2.23. The van der Waals surface area contributed by atoms with Crippen LogP contribution in [0.25, 0.3) is 0 Å². The first-order valence-electron chi connectivity index (χ1n) is 10.9. The van der Waals surface area contributed by atoms with Gasteiger partial charge in [-0.3, -0.25) is 14.4 Å². The number of hydrogen-bond donors (Lipinski definition) is 2. The van der Waals surface area contributed by atoms with Crippen molar-refractivity contribution in [1.29, 1.82) is 0 Å². The number of nitrogens with two attached hydrogens (primary N) is 1. The maximum atomic E-state index is 13.3. The van der Waals surface area contributed by atoms with Gasteiger partial charge in [0.05, 0.1) is 22.3 Å². The molecule has 35 heavy (non-hydrogen) atoms. The molecule has 3 aromatic rings. The summed E-state index contributed by atoms with van der Waals surface area (Å²) in [5.41, 5.74) is 7.31. The Kier molecular flexibility index (Phi) is 7.23. The Labute approximate surface area is 210 Å². The van der Waals surface area contributed by atoms with Crippen LogP contribution in [-0.2, 0) is 14.3 Å². The fourth-order valence-electron chi connectivity index (χ4n) is 3.65. The van der Waals surface area contributed by atoms with Crippen molar-refractivity contribution in [3.05, 3.63) is 70.6 Å². The summed E-state index contributed by atoms with van der Waals surface area (Å²) in [7, 11) is 0. The van der Waals surface area contributed by atoms with Gasteiger partial charge >= 0.3 is 5.97 Å². The zero-order valence-electron chi connectivity index (χ0n) is 19.1. The Hall–Kier alpha value is -3.63. The molecule has 2 heterocycles. The van der Waals surface area contributed by atoms with Gasteiger partial charge in [-0.1, -0.05) is 18.2 Å². The van der Waals surface area contributed by atoms with Crippen LogP contribution in [0, 0.1) is 6.92 Å². The number of esters is 1. The van der Waals surface area contributed by atoms with Gasteiger partial charge < -0.3 is 15.8 Å². The lowest BCUT2D eigenvalue weighted by molar-refractivity contribution is -0.121. The number of amides is 3. The molecule has 4 rings (SSSR count). The molecule has 1 atom stereocenters. The average Bonchev–Trinajstić information content (AvgIpc) is 3.31. The van der Waals surface area contributed by atoms with Gasteiger partial charge in [0.15, 0.2) is 0 Å². The summed E-state index contributed by atoms with van der Waals surface area (Å²) >= 11 is 2.18. The fourth-order valence-corrected chi connectivity index (χ4v) is 5.91. The monoisotopic (exact) mass is 509 g/mol. The van der Waals surface area contributed by atoms with Crippen LogP contribution in [0.15, 0.2) is 59.5 Å². The quantitative estimate of drug-likeness (QED) is 0.274. The third kappa shape index (κ3) is 5.08. The van der Waals surface area contributed by atoms with E-state index in [0.29, 0.717) is 16.9 Å². The van der Waals surface area contributed by atoms with E-state index >= 15 is 0 Å². The zero-order valence-corrected chi connectivity index (χ0v) is 20.7. The summed E-state index contributed by atoms with van der Waals surface area (Å²) in [6, 6.07) is 15.9. The van der Waals surface area contributed by atoms with Crippen molar-refractivity contribution in [2.24, 2.45) is 0 Å². The van der Waals surface area contributed by atoms with E-state index in [4.69, 9.17) is 10.5 Å². The molecule has 0 aliphatic carbocycles. The first kappa shape index (κ1) is 24.5. The van der Waals surface area contributed by atoms with Crippen molar-refractivity contribution in [2.75, 3.05) is 22.6 Å². The minimum absolute atomic E-state index is 0.0291. The second-order valence-corrected chi connectivity index (χ2v) is 10.00. The summed E-state index contributed by atoms with van der Waals surface area (Å²) in [4.78, 5) is 54.2. The van der Waals surface area contributed by atoms with Gasteiger partial charge in [-0.25, -0.2) is 9.69 Å². The number of thioether (sulfide) groups is 1. The largest absolute Gasteiger partial charge is 0.462 e. The summed E-state index contributed by atoms with van der Waals surface area (Å²) in [6.07, 6.45) is -0.0291. The number of nitrogen functional groups attached to an aromatic ring is 1. The van der Waals surface area contributed by atoms with Crippen molar-refractivity contribution in [1.82, 2.24) is 0 Å². The van der Waals surface area contributed by atoms with Crippen molar-refractivity contribution >= 4 is 63.2 Å². The minimum atomic E-state index is -0.690. The highest BCUT2D eigenvalue weighted by molar-refractivity contribution is 8.00. The lowest BCUT2D eigenvalue weighted by Gasteiger charge is -2.15. The zero-order chi connectivity index (χ0) is 25.1. The second kappa shape index (κ2) is 10.3. The van der Waals surface area contributed by atoms with Crippen LogP contribution in [0.4, 0.5) is 16.4 Å². The molecule has 3 amide bonds. The summed E-state index contributed by atoms with van der Waals surface area (Å²) in [5.74, 6) is -2.02. The van der Waals surface area contributed by atoms with Gasteiger partial charge in [-0.2, -0.15) is 0 Å². The minimum Gasteiger partial charge on any atom is -0.462 e. The average molecular weight is 510 g/mol. The molecule has 0 bridgehead atoms. The number of carbonyl (C=O) groups is 4. The van der Waals surface area contributed by atoms with Crippen molar-refractivity contribution in [2.45, 2.75) is 30.4 Å². The van der Waals surface area contributed by atoms with E-state index in [9.17, 15) is 19.2 Å². The number of hydrogen-bond acceptors (Lipinski definition) is 8. The number of benzene rings is 2. The highest BCUT2D eigenvalue weighted by atomic mass is 32.2. The molecule has 1 aliphatic rings. The molecule has 0 spiro atoms.